The monoisotopic (exact) mass is 260 g/mol. The van der Waals surface area contributed by atoms with Crippen molar-refractivity contribution in [3.63, 3.8) is 0 Å². The Bertz CT molecular complexity index is 394. The highest BCUT2D eigenvalue weighted by Crippen LogP contribution is 2.09. The molecule has 1 N–H and O–H groups in total. The zero-order valence-corrected chi connectivity index (χ0v) is 11.8. The maximum Gasteiger partial charge on any atom is 0.0558 e. The Morgan fingerprint density at radius 1 is 1.11 bits per heavy atom. The number of aliphatic hydroxyl groups excluding tert-OH is 1. The number of piperazine rings is 1. The van der Waals surface area contributed by atoms with Crippen LogP contribution in [0.4, 0.5) is 0 Å². The van der Waals surface area contributed by atoms with Crippen molar-refractivity contribution in [3.05, 3.63) is 41.5 Å². The first-order chi connectivity index (χ1) is 9.28. The molecule has 1 aromatic rings. The summed E-state index contributed by atoms with van der Waals surface area (Å²) >= 11 is 0. The maximum absolute atomic E-state index is 8.93. The second kappa shape index (κ2) is 7.43. The molecular formula is C16H24N2O. The number of β-amino-alcohol motifs (C(OH)–C–C–N with tert-alkyl or cyclic N) is 1. The van der Waals surface area contributed by atoms with Gasteiger partial charge in [0.1, 0.15) is 0 Å². The van der Waals surface area contributed by atoms with Crippen LogP contribution >= 0.6 is 0 Å². The minimum atomic E-state index is 0.271. The van der Waals surface area contributed by atoms with Gasteiger partial charge in [-0.1, -0.05) is 42.0 Å². The van der Waals surface area contributed by atoms with Crippen LogP contribution in [-0.4, -0.2) is 60.8 Å². The van der Waals surface area contributed by atoms with Gasteiger partial charge in [-0.15, -0.1) is 0 Å². The Balaban J connectivity index is 1.80. The van der Waals surface area contributed by atoms with Gasteiger partial charge in [0.15, 0.2) is 0 Å². The zero-order valence-electron chi connectivity index (χ0n) is 11.8. The summed E-state index contributed by atoms with van der Waals surface area (Å²) in [6, 6.07) is 10.5. The molecule has 0 spiro atoms. The minimum absolute atomic E-state index is 0.271. The quantitative estimate of drug-likeness (QED) is 0.873. The van der Waals surface area contributed by atoms with Crippen LogP contribution in [0, 0.1) is 0 Å². The molecule has 1 saturated heterocycles. The zero-order chi connectivity index (χ0) is 13.5. The van der Waals surface area contributed by atoms with Crippen molar-refractivity contribution < 1.29 is 5.11 Å². The number of hydrogen-bond donors (Lipinski definition) is 1. The Labute approximate surface area is 116 Å². The second-order valence-electron chi connectivity index (χ2n) is 5.24. The number of hydrogen-bond acceptors (Lipinski definition) is 3. The van der Waals surface area contributed by atoms with Crippen molar-refractivity contribution >= 4 is 6.08 Å². The third-order valence-electron chi connectivity index (χ3n) is 3.57. The standard InChI is InChI=1S/C16H24N2O/c1-15(13-16-5-3-2-4-6-16)14-18-9-7-17(8-10-18)11-12-19/h2-6,13,19H,7-12,14H2,1H3/b15-13+. The van der Waals surface area contributed by atoms with E-state index in [0.717, 1.165) is 39.3 Å². The summed E-state index contributed by atoms with van der Waals surface area (Å²) in [6.45, 7) is 8.66. The van der Waals surface area contributed by atoms with Crippen LogP contribution in [0.25, 0.3) is 6.08 Å². The van der Waals surface area contributed by atoms with Gasteiger partial charge in [0.25, 0.3) is 0 Å². The predicted octanol–water partition coefficient (Wildman–Crippen LogP) is 1.70. The van der Waals surface area contributed by atoms with Gasteiger partial charge in [-0.25, -0.2) is 0 Å². The van der Waals surface area contributed by atoms with Gasteiger partial charge in [-0.3, -0.25) is 9.80 Å². The molecule has 19 heavy (non-hydrogen) atoms. The van der Waals surface area contributed by atoms with Crippen LogP contribution in [0.5, 0.6) is 0 Å². The average molecular weight is 260 g/mol. The summed E-state index contributed by atoms with van der Waals surface area (Å²) in [5.74, 6) is 0. The molecule has 0 bridgehead atoms. The fourth-order valence-corrected chi connectivity index (χ4v) is 2.54. The molecule has 1 aromatic carbocycles. The molecule has 1 aliphatic heterocycles. The molecule has 1 aliphatic rings. The highest BCUT2D eigenvalue weighted by Gasteiger charge is 2.15. The van der Waals surface area contributed by atoms with Gasteiger partial charge in [-0.2, -0.15) is 0 Å². The Morgan fingerprint density at radius 3 is 2.37 bits per heavy atom. The van der Waals surface area contributed by atoms with E-state index in [0.29, 0.717) is 0 Å². The molecule has 0 saturated carbocycles. The molecule has 0 amide bonds. The molecule has 3 heteroatoms. The summed E-state index contributed by atoms with van der Waals surface area (Å²) in [5.41, 5.74) is 2.68. The first kappa shape index (κ1) is 14.3. The van der Waals surface area contributed by atoms with E-state index in [1.807, 2.05) is 6.07 Å². The largest absolute Gasteiger partial charge is 0.395 e. The molecule has 3 nitrogen and oxygen atoms in total. The van der Waals surface area contributed by atoms with E-state index in [1.54, 1.807) is 0 Å². The van der Waals surface area contributed by atoms with E-state index in [-0.39, 0.29) is 6.61 Å². The fraction of sp³-hybridized carbons (Fsp3) is 0.500. The molecule has 2 rings (SSSR count). The van der Waals surface area contributed by atoms with Crippen molar-refractivity contribution in [2.24, 2.45) is 0 Å². The highest BCUT2D eigenvalue weighted by molar-refractivity contribution is 5.52. The lowest BCUT2D eigenvalue weighted by Crippen LogP contribution is -2.47. The molecular weight excluding hydrogens is 236 g/mol. The summed E-state index contributed by atoms with van der Waals surface area (Å²) in [4.78, 5) is 4.81. The van der Waals surface area contributed by atoms with Crippen molar-refractivity contribution in [1.29, 1.82) is 0 Å². The maximum atomic E-state index is 8.93. The van der Waals surface area contributed by atoms with Crippen LogP contribution in [0.3, 0.4) is 0 Å². The van der Waals surface area contributed by atoms with E-state index >= 15 is 0 Å². The molecule has 1 fully saturated rings. The fourth-order valence-electron chi connectivity index (χ4n) is 2.54. The van der Waals surface area contributed by atoms with E-state index in [4.69, 9.17) is 5.11 Å². The normalized spacial score (nSPS) is 18.7. The number of benzene rings is 1. The summed E-state index contributed by atoms with van der Waals surface area (Å²) in [5, 5.41) is 8.93. The van der Waals surface area contributed by atoms with Crippen LogP contribution in [-0.2, 0) is 0 Å². The van der Waals surface area contributed by atoms with E-state index in [1.165, 1.54) is 11.1 Å². The summed E-state index contributed by atoms with van der Waals surface area (Å²) in [6.07, 6.45) is 2.26. The van der Waals surface area contributed by atoms with Crippen molar-refractivity contribution in [3.8, 4) is 0 Å². The predicted molar refractivity (Wildman–Crippen MR) is 80.1 cm³/mol. The van der Waals surface area contributed by atoms with Gasteiger partial charge in [-0.05, 0) is 12.5 Å². The molecule has 0 atom stereocenters. The van der Waals surface area contributed by atoms with Crippen molar-refractivity contribution in [1.82, 2.24) is 9.80 Å². The molecule has 1 heterocycles. The molecule has 0 aromatic heterocycles. The van der Waals surface area contributed by atoms with Crippen LogP contribution in [0.15, 0.2) is 35.9 Å². The van der Waals surface area contributed by atoms with Crippen molar-refractivity contribution in [2.75, 3.05) is 45.9 Å². The average Bonchev–Trinajstić information content (AvgIpc) is 2.42. The van der Waals surface area contributed by atoms with E-state index < -0.39 is 0 Å². The topological polar surface area (TPSA) is 26.7 Å². The Kier molecular flexibility index (Phi) is 5.58. The lowest BCUT2D eigenvalue weighted by molar-refractivity contribution is 0.118. The van der Waals surface area contributed by atoms with E-state index in [2.05, 4.69) is 47.1 Å². The number of rotatable bonds is 5. The van der Waals surface area contributed by atoms with Crippen LogP contribution < -0.4 is 0 Å². The van der Waals surface area contributed by atoms with Gasteiger partial charge < -0.3 is 5.11 Å². The third-order valence-corrected chi connectivity index (χ3v) is 3.57. The second-order valence-corrected chi connectivity index (χ2v) is 5.24. The van der Waals surface area contributed by atoms with Gasteiger partial charge in [0.05, 0.1) is 6.61 Å². The third kappa shape index (κ3) is 4.78. The lowest BCUT2D eigenvalue weighted by Gasteiger charge is -2.34. The first-order valence-electron chi connectivity index (χ1n) is 7.06. The van der Waals surface area contributed by atoms with Gasteiger partial charge in [0, 0.05) is 39.3 Å². The van der Waals surface area contributed by atoms with Gasteiger partial charge >= 0.3 is 0 Å². The smallest absolute Gasteiger partial charge is 0.0558 e. The van der Waals surface area contributed by atoms with Crippen molar-refractivity contribution in [2.45, 2.75) is 6.92 Å². The van der Waals surface area contributed by atoms with E-state index in [9.17, 15) is 0 Å². The molecule has 104 valence electrons. The first-order valence-corrected chi connectivity index (χ1v) is 7.06. The molecule has 0 unspecified atom stereocenters. The van der Waals surface area contributed by atoms with Crippen LogP contribution in [0.2, 0.25) is 0 Å². The number of aliphatic hydroxyl groups is 1. The Morgan fingerprint density at radius 2 is 1.74 bits per heavy atom. The SMILES string of the molecule is C/C(=C\c1ccccc1)CN1CCN(CCO)CC1. The van der Waals surface area contributed by atoms with Gasteiger partial charge in [0.2, 0.25) is 0 Å². The minimum Gasteiger partial charge on any atom is -0.395 e. The molecule has 0 radical (unpaired) electrons. The summed E-state index contributed by atoms with van der Waals surface area (Å²) < 4.78 is 0. The Hall–Kier alpha value is -1.16. The highest BCUT2D eigenvalue weighted by atomic mass is 16.3. The van der Waals surface area contributed by atoms with Crippen LogP contribution in [0.1, 0.15) is 12.5 Å². The molecule has 0 aliphatic carbocycles. The number of nitrogens with zero attached hydrogens (tertiary/aromatic N) is 2. The summed E-state index contributed by atoms with van der Waals surface area (Å²) in [7, 11) is 0. The lowest BCUT2D eigenvalue weighted by atomic mass is 10.1.